The van der Waals surface area contributed by atoms with Crippen LogP contribution in [0.4, 0.5) is 8.78 Å². The summed E-state index contributed by atoms with van der Waals surface area (Å²) in [7, 11) is 3.85. The average Bonchev–Trinajstić information content (AvgIpc) is 3.33. The van der Waals surface area contributed by atoms with Crippen LogP contribution in [0.1, 0.15) is 41.6 Å². The molecular formula is C33H33F2N3O. The highest BCUT2D eigenvalue weighted by Crippen LogP contribution is 2.54. The zero-order valence-electron chi connectivity index (χ0n) is 22.3. The maximum atomic E-state index is 17.2. The minimum atomic E-state index is -1.38. The van der Waals surface area contributed by atoms with Gasteiger partial charge in [-0.1, -0.05) is 60.7 Å². The first kappa shape index (κ1) is 25.5. The predicted octanol–water partition coefficient (Wildman–Crippen LogP) is 6.58. The molecule has 3 atom stereocenters. The van der Waals surface area contributed by atoms with Gasteiger partial charge in [-0.05, 0) is 74.3 Å². The van der Waals surface area contributed by atoms with Gasteiger partial charge in [0.15, 0.2) is 0 Å². The van der Waals surface area contributed by atoms with Gasteiger partial charge in [0.1, 0.15) is 17.5 Å². The number of benzene rings is 3. The highest BCUT2D eigenvalue weighted by atomic mass is 19.1. The molecule has 3 aromatic carbocycles. The number of hydrogen-bond acceptors (Lipinski definition) is 2. The summed E-state index contributed by atoms with van der Waals surface area (Å²) >= 11 is 0. The zero-order chi connectivity index (χ0) is 27.2. The van der Waals surface area contributed by atoms with Crippen LogP contribution in [0.25, 0.3) is 17.0 Å². The lowest BCUT2D eigenvalue weighted by Gasteiger charge is -2.56. The fraction of sp³-hybridized carbons (Fsp3) is 0.303. The van der Waals surface area contributed by atoms with Gasteiger partial charge in [0, 0.05) is 41.2 Å². The lowest BCUT2D eigenvalue weighted by atomic mass is 9.64. The summed E-state index contributed by atoms with van der Waals surface area (Å²) in [6.45, 7) is 0.433. The molecule has 1 aromatic heterocycles. The molecule has 0 bridgehead atoms. The zero-order valence-corrected chi connectivity index (χ0v) is 22.3. The third kappa shape index (κ3) is 4.09. The number of nitrogens with one attached hydrogen (secondary N) is 1. The summed E-state index contributed by atoms with van der Waals surface area (Å²) in [6.07, 6.45) is 3.77. The van der Waals surface area contributed by atoms with Crippen molar-refractivity contribution in [3.63, 3.8) is 0 Å². The van der Waals surface area contributed by atoms with Gasteiger partial charge in [-0.25, -0.2) is 8.78 Å². The van der Waals surface area contributed by atoms with Crippen molar-refractivity contribution in [2.24, 2.45) is 0 Å². The molecule has 1 amide bonds. The van der Waals surface area contributed by atoms with E-state index < -0.39 is 17.2 Å². The Morgan fingerprint density at radius 3 is 2.54 bits per heavy atom. The largest absolute Gasteiger partial charge is 0.356 e. The second-order valence-electron chi connectivity index (χ2n) is 11.0. The fourth-order valence-corrected chi connectivity index (χ4v) is 6.93. The van der Waals surface area contributed by atoms with Crippen molar-refractivity contribution in [1.29, 1.82) is 0 Å². The SMILES string of the molecule is CN(C)C1(c2cccc(F)c2)CCC2(c3[nH]c4ccccc4c3CCN2C(=O)/C=C/c2ccccc2)C(F)C1. The minimum Gasteiger partial charge on any atom is -0.356 e. The molecule has 0 saturated heterocycles. The average molecular weight is 526 g/mol. The Labute approximate surface area is 227 Å². The Bertz CT molecular complexity index is 1550. The molecule has 200 valence electrons. The van der Waals surface area contributed by atoms with Crippen LogP contribution in [-0.4, -0.2) is 47.5 Å². The van der Waals surface area contributed by atoms with Crippen LogP contribution in [0.2, 0.25) is 0 Å². The van der Waals surface area contributed by atoms with Crippen molar-refractivity contribution in [2.75, 3.05) is 20.6 Å². The molecule has 1 aliphatic carbocycles. The lowest BCUT2D eigenvalue weighted by molar-refractivity contribution is -0.145. The summed E-state index contributed by atoms with van der Waals surface area (Å²) in [5.41, 5.74) is 2.70. The van der Waals surface area contributed by atoms with Crippen LogP contribution in [0, 0.1) is 5.82 Å². The van der Waals surface area contributed by atoms with E-state index in [4.69, 9.17) is 0 Å². The number of fused-ring (bicyclic) bond motifs is 4. The first-order valence-electron chi connectivity index (χ1n) is 13.6. The van der Waals surface area contributed by atoms with Crippen molar-refractivity contribution >= 4 is 22.9 Å². The monoisotopic (exact) mass is 525 g/mol. The van der Waals surface area contributed by atoms with E-state index in [0.717, 1.165) is 33.3 Å². The Kier molecular flexibility index (Phi) is 6.38. The molecule has 4 nitrogen and oxygen atoms in total. The van der Waals surface area contributed by atoms with E-state index in [-0.39, 0.29) is 18.1 Å². The molecule has 1 saturated carbocycles. The van der Waals surface area contributed by atoms with E-state index in [1.54, 1.807) is 23.1 Å². The molecule has 4 aromatic rings. The van der Waals surface area contributed by atoms with Gasteiger partial charge in [-0.3, -0.25) is 9.69 Å². The number of para-hydroxylation sites is 1. The second kappa shape index (κ2) is 9.76. The normalized spacial score (nSPS) is 25.1. The first-order chi connectivity index (χ1) is 18.8. The number of alkyl halides is 1. The molecule has 1 N–H and O–H groups in total. The van der Waals surface area contributed by atoms with Crippen LogP contribution in [-0.2, 0) is 22.3 Å². The summed E-state index contributed by atoms with van der Waals surface area (Å²) < 4.78 is 31.5. The number of halogens is 2. The number of aromatic nitrogens is 1. The van der Waals surface area contributed by atoms with Crippen LogP contribution >= 0.6 is 0 Å². The Hall–Kier alpha value is -3.77. The smallest absolute Gasteiger partial charge is 0.247 e. The number of amides is 1. The van der Waals surface area contributed by atoms with Gasteiger partial charge in [0.25, 0.3) is 0 Å². The van der Waals surface area contributed by atoms with E-state index in [1.807, 2.05) is 73.6 Å². The van der Waals surface area contributed by atoms with E-state index >= 15 is 4.39 Å². The Morgan fingerprint density at radius 1 is 1.03 bits per heavy atom. The van der Waals surface area contributed by atoms with Crippen LogP contribution < -0.4 is 0 Å². The number of carbonyl (C=O) groups excluding carboxylic acids is 1. The highest BCUT2D eigenvalue weighted by Gasteiger charge is 2.58. The lowest BCUT2D eigenvalue weighted by Crippen LogP contribution is -2.63. The molecule has 1 aliphatic heterocycles. The molecule has 1 fully saturated rings. The molecule has 2 heterocycles. The van der Waals surface area contributed by atoms with Gasteiger partial charge >= 0.3 is 0 Å². The maximum absolute atomic E-state index is 17.2. The summed E-state index contributed by atoms with van der Waals surface area (Å²) in [4.78, 5) is 21.1. The second-order valence-corrected chi connectivity index (χ2v) is 11.0. The van der Waals surface area contributed by atoms with Crippen molar-refractivity contribution in [2.45, 2.75) is 42.9 Å². The van der Waals surface area contributed by atoms with E-state index in [1.165, 1.54) is 12.1 Å². The van der Waals surface area contributed by atoms with Crippen LogP contribution in [0.5, 0.6) is 0 Å². The minimum absolute atomic E-state index is 0.143. The topological polar surface area (TPSA) is 39.3 Å². The Balaban J connectivity index is 1.46. The van der Waals surface area contributed by atoms with Crippen molar-refractivity contribution in [1.82, 2.24) is 14.8 Å². The van der Waals surface area contributed by atoms with Crippen molar-refractivity contribution < 1.29 is 13.6 Å². The molecule has 0 radical (unpaired) electrons. The quantitative estimate of drug-likeness (QED) is 0.306. The summed E-state index contributed by atoms with van der Waals surface area (Å²) in [6, 6.07) is 24.2. The number of H-pyrrole nitrogens is 1. The number of carbonyl (C=O) groups is 1. The summed E-state index contributed by atoms with van der Waals surface area (Å²) in [5, 5.41) is 1.08. The number of aromatic amines is 1. The van der Waals surface area contributed by atoms with Gasteiger partial charge in [-0.2, -0.15) is 0 Å². The standard InChI is InChI=1S/C33H33F2N3O/c1-37(2)32(24-11-8-12-25(34)21-24)18-19-33(29(35)22-32)31-27(26-13-6-7-14-28(26)36-31)17-20-38(33)30(39)16-15-23-9-4-3-5-10-23/h3-16,21,29,36H,17-20,22H2,1-2H3/b16-15+. The molecule has 39 heavy (non-hydrogen) atoms. The van der Waals surface area contributed by atoms with Gasteiger partial charge in [0.2, 0.25) is 5.91 Å². The van der Waals surface area contributed by atoms with Crippen LogP contribution in [0.15, 0.2) is 84.9 Å². The molecule has 2 aliphatic rings. The van der Waals surface area contributed by atoms with Crippen LogP contribution in [0.3, 0.4) is 0 Å². The number of rotatable bonds is 4. The maximum Gasteiger partial charge on any atom is 0.247 e. The fourth-order valence-electron chi connectivity index (χ4n) is 6.93. The summed E-state index contributed by atoms with van der Waals surface area (Å²) in [5.74, 6) is -0.531. The third-order valence-electron chi connectivity index (χ3n) is 8.97. The number of nitrogens with zero attached hydrogens (tertiary/aromatic N) is 2. The van der Waals surface area contributed by atoms with Crippen molar-refractivity contribution in [3.05, 3.63) is 113 Å². The Morgan fingerprint density at radius 2 is 1.79 bits per heavy atom. The predicted molar refractivity (Wildman–Crippen MR) is 151 cm³/mol. The third-order valence-corrected chi connectivity index (χ3v) is 8.97. The van der Waals surface area contributed by atoms with Gasteiger partial charge in [-0.15, -0.1) is 0 Å². The van der Waals surface area contributed by atoms with E-state index in [2.05, 4.69) is 11.1 Å². The molecule has 3 unspecified atom stereocenters. The first-order valence-corrected chi connectivity index (χ1v) is 13.6. The number of hydrogen-bond donors (Lipinski definition) is 1. The molecular weight excluding hydrogens is 492 g/mol. The highest BCUT2D eigenvalue weighted by molar-refractivity contribution is 5.93. The van der Waals surface area contributed by atoms with E-state index in [0.29, 0.717) is 25.8 Å². The van der Waals surface area contributed by atoms with Gasteiger partial charge in [0.05, 0.1) is 0 Å². The molecule has 6 rings (SSSR count). The molecule has 1 spiro atoms. The van der Waals surface area contributed by atoms with Gasteiger partial charge < -0.3 is 9.88 Å². The molecule has 6 heteroatoms. The van der Waals surface area contributed by atoms with E-state index in [9.17, 15) is 9.18 Å². The van der Waals surface area contributed by atoms with Crippen molar-refractivity contribution in [3.8, 4) is 0 Å².